The first-order valence-electron chi connectivity index (χ1n) is 9.37. The van der Waals surface area contributed by atoms with E-state index in [1.165, 1.54) is 4.90 Å². The minimum atomic E-state index is -1.16. The highest BCUT2D eigenvalue weighted by Gasteiger charge is 2.56. The van der Waals surface area contributed by atoms with Gasteiger partial charge in [-0.3, -0.25) is 9.59 Å². The molecule has 2 aliphatic heterocycles. The number of aliphatic carboxylic acids is 1. The van der Waals surface area contributed by atoms with Gasteiger partial charge in [0.2, 0.25) is 11.8 Å². The summed E-state index contributed by atoms with van der Waals surface area (Å²) in [5.74, 6) is -1.63. The highest BCUT2D eigenvalue weighted by molar-refractivity contribution is 6.06. The summed E-state index contributed by atoms with van der Waals surface area (Å²) in [6.07, 6.45) is 1.46. The third-order valence-electron chi connectivity index (χ3n) is 5.47. The Balaban J connectivity index is 1.52. The minimum Gasteiger partial charge on any atom is -0.477 e. The molecule has 8 nitrogen and oxygen atoms in total. The predicted molar refractivity (Wildman–Crippen MR) is 105 cm³/mol. The van der Waals surface area contributed by atoms with Crippen molar-refractivity contribution in [3.05, 3.63) is 59.4 Å². The summed E-state index contributed by atoms with van der Waals surface area (Å²) in [6.45, 7) is 1.55. The summed E-state index contributed by atoms with van der Waals surface area (Å²) in [5.41, 5.74) is 2.03. The summed E-state index contributed by atoms with van der Waals surface area (Å²) in [4.78, 5) is 40.4. The van der Waals surface area contributed by atoms with Crippen LogP contribution in [0.4, 0.5) is 5.82 Å². The summed E-state index contributed by atoms with van der Waals surface area (Å²) in [6, 6.07) is 10.3. The molecule has 29 heavy (non-hydrogen) atoms. The van der Waals surface area contributed by atoms with Gasteiger partial charge < -0.3 is 25.4 Å². The Labute approximate surface area is 166 Å². The molecule has 2 amide bonds. The Morgan fingerprint density at radius 2 is 2.00 bits per heavy atom. The van der Waals surface area contributed by atoms with Crippen molar-refractivity contribution in [2.75, 3.05) is 5.32 Å². The van der Waals surface area contributed by atoms with Gasteiger partial charge in [-0.1, -0.05) is 24.3 Å². The lowest BCUT2D eigenvalue weighted by Crippen LogP contribution is -2.61. The Bertz CT molecular complexity index is 992. The number of aliphatic hydroxyl groups is 1. The molecule has 1 aromatic carbocycles. The van der Waals surface area contributed by atoms with E-state index in [4.69, 9.17) is 0 Å². The second kappa shape index (κ2) is 7.21. The SMILES string of the molecule is C[C@@H](O)[C@H]1C(=O)N2C(C(=O)O)=C(c3ccc(CC(=O)Nc4ccc[nH]4)cc3)C[C@H]12. The first-order valence-corrected chi connectivity index (χ1v) is 9.37. The number of hydrogen-bond acceptors (Lipinski definition) is 4. The fourth-order valence-electron chi connectivity index (χ4n) is 4.14. The molecule has 150 valence electrons. The van der Waals surface area contributed by atoms with E-state index in [1.54, 1.807) is 49.5 Å². The molecule has 3 atom stereocenters. The molecule has 8 heteroatoms. The molecule has 0 unspecified atom stereocenters. The number of carboxylic acids is 1. The van der Waals surface area contributed by atoms with Gasteiger partial charge in [0.05, 0.1) is 24.5 Å². The summed E-state index contributed by atoms with van der Waals surface area (Å²) in [5, 5.41) is 22.2. The number of nitrogens with one attached hydrogen (secondary N) is 2. The average molecular weight is 395 g/mol. The maximum Gasteiger partial charge on any atom is 0.352 e. The highest BCUT2D eigenvalue weighted by Crippen LogP contribution is 2.46. The molecule has 4 N–H and O–H groups in total. The van der Waals surface area contributed by atoms with E-state index in [0.717, 1.165) is 5.56 Å². The second-order valence-electron chi connectivity index (χ2n) is 7.38. The number of aromatic amines is 1. The number of hydrogen-bond donors (Lipinski definition) is 4. The zero-order chi connectivity index (χ0) is 20.7. The van der Waals surface area contributed by atoms with E-state index in [0.29, 0.717) is 23.4 Å². The van der Waals surface area contributed by atoms with Gasteiger partial charge in [-0.25, -0.2) is 4.79 Å². The van der Waals surface area contributed by atoms with Crippen LogP contribution in [0.1, 0.15) is 24.5 Å². The number of aliphatic hydroxyl groups excluding tert-OH is 1. The molecule has 3 heterocycles. The lowest BCUT2D eigenvalue weighted by atomic mass is 9.82. The van der Waals surface area contributed by atoms with Crippen LogP contribution in [-0.2, 0) is 20.8 Å². The van der Waals surface area contributed by atoms with E-state index in [2.05, 4.69) is 10.3 Å². The van der Waals surface area contributed by atoms with Crippen LogP contribution in [0.5, 0.6) is 0 Å². The quantitative estimate of drug-likeness (QED) is 0.554. The van der Waals surface area contributed by atoms with Crippen molar-refractivity contribution in [1.82, 2.24) is 9.88 Å². The van der Waals surface area contributed by atoms with Crippen LogP contribution < -0.4 is 5.32 Å². The zero-order valence-electron chi connectivity index (χ0n) is 15.8. The smallest absolute Gasteiger partial charge is 0.352 e. The molecule has 0 radical (unpaired) electrons. The third kappa shape index (κ3) is 3.31. The molecule has 0 bridgehead atoms. The second-order valence-corrected chi connectivity index (χ2v) is 7.38. The van der Waals surface area contributed by atoms with Crippen LogP contribution >= 0.6 is 0 Å². The van der Waals surface area contributed by atoms with Crippen LogP contribution in [0.15, 0.2) is 48.3 Å². The number of amides is 2. The number of carboxylic acid groups (broad SMARTS) is 1. The van der Waals surface area contributed by atoms with Crippen LogP contribution in [-0.4, -0.2) is 50.0 Å². The monoisotopic (exact) mass is 395 g/mol. The van der Waals surface area contributed by atoms with Gasteiger partial charge in [-0.2, -0.15) is 0 Å². The molecule has 2 aliphatic rings. The lowest BCUT2D eigenvalue weighted by molar-refractivity contribution is -0.161. The van der Waals surface area contributed by atoms with Gasteiger partial charge in [0.25, 0.3) is 0 Å². The Kier molecular flexibility index (Phi) is 4.71. The van der Waals surface area contributed by atoms with Crippen molar-refractivity contribution in [1.29, 1.82) is 0 Å². The molecule has 4 rings (SSSR count). The van der Waals surface area contributed by atoms with Crippen LogP contribution in [0, 0.1) is 5.92 Å². The van der Waals surface area contributed by atoms with Gasteiger partial charge in [0.1, 0.15) is 11.5 Å². The fourth-order valence-corrected chi connectivity index (χ4v) is 4.14. The Morgan fingerprint density at radius 1 is 1.28 bits per heavy atom. The van der Waals surface area contributed by atoms with E-state index < -0.39 is 18.0 Å². The fraction of sp³-hybridized carbons (Fsp3) is 0.286. The number of H-pyrrole nitrogens is 1. The summed E-state index contributed by atoms with van der Waals surface area (Å²) < 4.78 is 0. The maximum atomic E-state index is 12.3. The number of aromatic nitrogens is 1. The van der Waals surface area contributed by atoms with E-state index >= 15 is 0 Å². The third-order valence-corrected chi connectivity index (χ3v) is 5.47. The standard InChI is InChI=1S/C21H21N3O5/c1-11(25)18-15-10-14(19(21(28)29)24(15)20(18)27)13-6-4-12(5-7-13)9-17(26)23-16-3-2-8-22-16/h2-8,11,15,18,22,25H,9-10H2,1H3,(H,23,26)(H,28,29)/t11-,15-,18-/m1/s1. The van der Waals surface area contributed by atoms with E-state index in [9.17, 15) is 24.6 Å². The normalized spacial score (nSPS) is 21.6. The zero-order valence-corrected chi connectivity index (χ0v) is 15.8. The highest BCUT2D eigenvalue weighted by atomic mass is 16.4. The number of anilines is 1. The van der Waals surface area contributed by atoms with Crippen LogP contribution in [0.2, 0.25) is 0 Å². The number of benzene rings is 1. The minimum absolute atomic E-state index is 0.0193. The largest absolute Gasteiger partial charge is 0.477 e. The van der Waals surface area contributed by atoms with Gasteiger partial charge in [0.15, 0.2) is 0 Å². The van der Waals surface area contributed by atoms with Gasteiger partial charge in [-0.05, 0) is 42.2 Å². The molecule has 2 aromatic rings. The van der Waals surface area contributed by atoms with Crippen LogP contribution in [0.3, 0.4) is 0 Å². The average Bonchev–Trinajstić information content (AvgIpc) is 3.27. The number of carbonyl (C=O) groups is 3. The van der Waals surface area contributed by atoms with E-state index in [1.807, 2.05) is 0 Å². The van der Waals surface area contributed by atoms with Gasteiger partial charge in [-0.15, -0.1) is 0 Å². The first-order chi connectivity index (χ1) is 13.9. The molecule has 0 saturated carbocycles. The van der Waals surface area contributed by atoms with Crippen molar-refractivity contribution in [2.24, 2.45) is 5.92 Å². The van der Waals surface area contributed by atoms with Crippen molar-refractivity contribution in [3.8, 4) is 0 Å². The predicted octanol–water partition coefficient (Wildman–Crippen LogP) is 1.60. The summed E-state index contributed by atoms with van der Waals surface area (Å²) >= 11 is 0. The number of carbonyl (C=O) groups excluding carboxylic acids is 2. The molecular weight excluding hydrogens is 374 g/mol. The van der Waals surface area contributed by atoms with Gasteiger partial charge in [0, 0.05) is 6.20 Å². The molecule has 0 aliphatic carbocycles. The Morgan fingerprint density at radius 3 is 2.59 bits per heavy atom. The lowest BCUT2D eigenvalue weighted by Gasteiger charge is -2.44. The first kappa shape index (κ1) is 18.9. The number of fused-ring (bicyclic) bond motifs is 1. The molecule has 1 aromatic heterocycles. The van der Waals surface area contributed by atoms with Crippen molar-refractivity contribution in [2.45, 2.75) is 31.9 Å². The number of rotatable bonds is 6. The van der Waals surface area contributed by atoms with Gasteiger partial charge >= 0.3 is 5.97 Å². The van der Waals surface area contributed by atoms with Crippen molar-refractivity contribution < 1.29 is 24.6 Å². The maximum absolute atomic E-state index is 12.3. The molecule has 1 saturated heterocycles. The van der Waals surface area contributed by atoms with E-state index in [-0.39, 0.29) is 30.0 Å². The molecule has 1 fully saturated rings. The topological polar surface area (TPSA) is 123 Å². The van der Waals surface area contributed by atoms with Crippen molar-refractivity contribution in [3.63, 3.8) is 0 Å². The number of β-lactam (4-membered cyclic amide) rings is 1. The van der Waals surface area contributed by atoms with Crippen molar-refractivity contribution >= 4 is 29.2 Å². The number of nitrogens with zero attached hydrogens (tertiary/aromatic N) is 1. The Hall–Kier alpha value is -3.39. The molecular formula is C21H21N3O5. The van der Waals surface area contributed by atoms with Crippen LogP contribution in [0.25, 0.3) is 5.57 Å². The molecule has 0 spiro atoms. The summed E-state index contributed by atoms with van der Waals surface area (Å²) in [7, 11) is 0.